The molecule has 0 saturated carbocycles. The van der Waals surface area contributed by atoms with Crippen LogP contribution in [0.25, 0.3) is 5.69 Å². The standard InChI is InChI=1S/C19H19ClN4O3S/c1-28(26,27)23-18-13-15(5-8-17(18)20)19(25)21-11-9-14-3-6-16(7-4-14)24-12-2-10-22-24/h2-8,10,12-13,23H,9,11H2,1H3,(H,21,25). The van der Waals surface area contributed by atoms with Crippen molar-refractivity contribution in [3.05, 3.63) is 77.1 Å². The zero-order chi connectivity index (χ0) is 20.1. The lowest BCUT2D eigenvalue weighted by Gasteiger charge is -2.10. The van der Waals surface area contributed by atoms with Crippen LogP contribution in [0.15, 0.2) is 60.9 Å². The number of sulfonamides is 1. The van der Waals surface area contributed by atoms with Crippen molar-refractivity contribution in [1.82, 2.24) is 15.1 Å². The van der Waals surface area contributed by atoms with Gasteiger partial charge in [0.2, 0.25) is 10.0 Å². The van der Waals surface area contributed by atoms with Crippen LogP contribution in [0.3, 0.4) is 0 Å². The van der Waals surface area contributed by atoms with Crippen LogP contribution in [0, 0.1) is 0 Å². The third-order valence-corrected chi connectivity index (χ3v) is 4.85. The quantitative estimate of drug-likeness (QED) is 0.617. The lowest BCUT2D eigenvalue weighted by atomic mass is 10.1. The molecule has 0 fully saturated rings. The van der Waals surface area contributed by atoms with Gasteiger partial charge in [0, 0.05) is 24.5 Å². The average molecular weight is 419 g/mol. The molecule has 1 aromatic heterocycles. The average Bonchev–Trinajstić information content (AvgIpc) is 3.17. The maximum absolute atomic E-state index is 12.3. The molecule has 2 aromatic carbocycles. The summed E-state index contributed by atoms with van der Waals surface area (Å²) in [6, 6.07) is 14.2. The number of anilines is 1. The van der Waals surface area contributed by atoms with Gasteiger partial charge in [-0.1, -0.05) is 23.7 Å². The summed E-state index contributed by atoms with van der Waals surface area (Å²) in [5, 5.41) is 7.22. The second-order valence-corrected chi connectivity index (χ2v) is 8.35. The number of hydrogen-bond donors (Lipinski definition) is 2. The van der Waals surface area contributed by atoms with Crippen molar-refractivity contribution < 1.29 is 13.2 Å². The van der Waals surface area contributed by atoms with Crippen molar-refractivity contribution in [3.63, 3.8) is 0 Å². The molecule has 3 aromatic rings. The Bertz CT molecular complexity index is 1070. The topological polar surface area (TPSA) is 93.1 Å². The molecule has 2 N–H and O–H groups in total. The zero-order valence-corrected chi connectivity index (χ0v) is 16.7. The number of nitrogens with zero attached hydrogens (tertiary/aromatic N) is 2. The first-order valence-electron chi connectivity index (χ1n) is 8.46. The van der Waals surface area contributed by atoms with Gasteiger partial charge in [-0.2, -0.15) is 5.10 Å². The summed E-state index contributed by atoms with van der Waals surface area (Å²) < 4.78 is 26.8. The maximum atomic E-state index is 12.3. The van der Waals surface area contributed by atoms with E-state index in [1.165, 1.54) is 12.1 Å². The van der Waals surface area contributed by atoms with Crippen molar-refractivity contribution in [3.8, 4) is 5.69 Å². The molecule has 1 amide bonds. The van der Waals surface area contributed by atoms with E-state index in [4.69, 9.17) is 11.6 Å². The minimum absolute atomic E-state index is 0.172. The summed E-state index contributed by atoms with van der Waals surface area (Å²) in [5.41, 5.74) is 2.53. The van der Waals surface area contributed by atoms with Gasteiger partial charge < -0.3 is 5.32 Å². The first kappa shape index (κ1) is 19.9. The van der Waals surface area contributed by atoms with E-state index in [1.54, 1.807) is 16.9 Å². The fraction of sp³-hybridized carbons (Fsp3) is 0.158. The van der Waals surface area contributed by atoms with Crippen LogP contribution in [-0.2, 0) is 16.4 Å². The highest BCUT2D eigenvalue weighted by Crippen LogP contribution is 2.23. The van der Waals surface area contributed by atoms with Gasteiger partial charge in [-0.05, 0) is 48.4 Å². The number of aromatic nitrogens is 2. The first-order chi connectivity index (χ1) is 13.3. The fourth-order valence-corrected chi connectivity index (χ4v) is 3.39. The highest BCUT2D eigenvalue weighted by molar-refractivity contribution is 7.92. The molecule has 0 saturated heterocycles. The Hall–Kier alpha value is -2.84. The molecule has 146 valence electrons. The van der Waals surface area contributed by atoms with E-state index < -0.39 is 10.0 Å². The third kappa shape index (κ3) is 5.34. The zero-order valence-electron chi connectivity index (χ0n) is 15.1. The molecule has 28 heavy (non-hydrogen) atoms. The van der Waals surface area contributed by atoms with E-state index in [1.807, 2.05) is 36.5 Å². The number of hydrogen-bond acceptors (Lipinski definition) is 4. The predicted molar refractivity (Wildman–Crippen MR) is 110 cm³/mol. The number of carbonyl (C=O) groups excluding carboxylic acids is 1. The van der Waals surface area contributed by atoms with Gasteiger partial charge in [-0.15, -0.1) is 0 Å². The molecule has 0 aliphatic rings. The number of halogens is 1. The molecule has 0 atom stereocenters. The summed E-state index contributed by atoms with van der Waals surface area (Å²) in [5.74, 6) is -0.304. The van der Waals surface area contributed by atoms with Gasteiger partial charge in [0.15, 0.2) is 0 Å². The Morgan fingerprint density at radius 1 is 1.18 bits per heavy atom. The predicted octanol–water partition coefficient (Wildman–Crippen LogP) is 2.87. The summed E-state index contributed by atoms with van der Waals surface area (Å²) in [7, 11) is -3.49. The molecular weight excluding hydrogens is 400 g/mol. The highest BCUT2D eigenvalue weighted by atomic mass is 35.5. The van der Waals surface area contributed by atoms with Gasteiger partial charge >= 0.3 is 0 Å². The molecule has 0 radical (unpaired) electrons. The maximum Gasteiger partial charge on any atom is 0.251 e. The van der Waals surface area contributed by atoms with Gasteiger partial charge in [0.25, 0.3) is 5.91 Å². The third-order valence-electron chi connectivity index (χ3n) is 3.93. The van der Waals surface area contributed by atoms with Gasteiger partial charge in [-0.3, -0.25) is 9.52 Å². The minimum atomic E-state index is -3.49. The molecule has 0 bridgehead atoms. The molecule has 0 unspecified atom stereocenters. The lowest BCUT2D eigenvalue weighted by Crippen LogP contribution is -2.25. The van der Waals surface area contributed by atoms with E-state index in [2.05, 4.69) is 15.1 Å². The Balaban J connectivity index is 1.58. The van der Waals surface area contributed by atoms with Crippen molar-refractivity contribution in [2.24, 2.45) is 0 Å². The molecule has 1 heterocycles. The molecule has 0 spiro atoms. The Kier molecular flexibility index (Phi) is 6.01. The lowest BCUT2D eigenvalue weighted by molar-refractivity contribution is 0.0954. The number of nitrogens with one attached hydrogen (secondary N) is 2. The van der Waals surface area contributed by atoms with Crippen LogP contribution < -0.4 is 10.0 Å². The van der Waals surface area contributed by atoms with Crippen LogP contribution in [0.5, 0.6) is 0 Å². The highest BCUT2D eigenvalue weighted by Gasteiger charge is 2.11. The van der Waals surface area contributed by atoms with Crippen molar-refractivity contribution in [2.75, 3.05) is 17.5 Å². The summed E-state index contributed by atoms with van der Waals surface area (Å²) in [6.07, 6.45) is 5.27. The fourth-order valence-electron chi connectivity index (χ4n) is 2.60. The monoisotopic (exact) mass is 418 g/mol. The number of benzene rings is 2. The van der Waals surface area contributed by atoms with E-state index in [9.17, 15) is 13.2 Å². The van der Waals surface area contributed by atoms with E-state index in [0.717, 1.165) is 17.5 Å². The van der Waals surface area contributed by atoms with Gasteiger partial charge in [-0.25, -0.2) is 13.1 Å². The molecule has 3 rings (SSSR count). The summed E-state index contributed by atoms with van der Waals surface area (Å²) >= 11 is 5.98. The van der Waals surface area contributed by atoms with E-state index in [0.29, 0.717) is 18.5 Å². The molecular formula is C19H19ClN4O3S. The normalized spacial score (nSPS) is 11.2. The Morgan fingerprint density at radius 2 is 1.93 bits per heavy atom. The number of rotatable bonds is 7. The Labute approximate surface area is 168 Å². The van der Waals surface area contributed by atoms with Crippen LogP contribution in [0.4, 0.5) is 5.69 Å². The Morgan fingerprint density at radius 3 is 2.57 bits per heavy atom. The minimum Gasteiger partial charge on any atom is -0.352 e. The van der Waals surface area contributed by atoms with Gasteiger partial charge in [0.1, 0.15) is 0 Å². The van der Waals surface area contributed by atoms with Crippen LogP contribution in [-0.4, -0.2) is 36.9 Å². The summed E-state index contributed by atoms with van der Waals surface area (Å²) in [4.78, 5) is 12.3. The van der Waals surface area contributed by atoms with Crippen molar-refractivity contribution in [1.29, 1.82) is 0 Å². The molecule has 9 heteroatoms. The van der Waals surface area contributed by atoms with Crippen molar-refractivity contribution in [2.45, 2.75) is 6.42 Å². The number of carbonyl (C=O) groups is 1. The van der Waals surface area contributed by atoms with Crippen LogP contribution in [0.2, 0.25) is 5.02 Å². The van der Waals surface area contributed by atoms with Crippen LogP contribution >= 0.6 is 11.6 Å². The molecule has 0 aliphatic carbocycles. The van der Waals surface area contributed by atoms with E-state index >= 15 is 0 Å². The van der Waals surface area contributed by atoms with E-state index in [-0.39, 0.29) is 16.6 Å². The first-order valence-corrected chi connectivity index (χ1v) is 10.7. The number of amides is 1. The largest absolute Gasteiger partial charge is 0.352 e. The molecule has 0 aliphatic heterocycles. The van der Waals surface area contributed by atoms with Gasteiger partial charge in [0.05, 0.1) is 22.7 Å². The summed E-state index contributed by atoms with van der Waals surface area (Å²) in [6.45, 7) is 0.442. The molecule has 7 nitrogen and oxygen atoms in total. The second kappa shape index (κ2) is 8.45. The van der Waals surface area contributed by atoms with Crippen molar-refractivity contribution >= 4 is 33.2 Å². The smallest absolute Gasteiger partial charge is 0.251 e. The van der Waals surface area contributed by atoms with Crippen LogP contribution in [0.1, 0.15) is 15.9 Å². The second-order valence-electron chi connectivity index (χ2n) is 6.19. The SMILES string of the molecule is CS(=O)(=O)Nc1cc(C(=O)NCCc2ccc(-n3cccn3)cc2)ccc1Cl.